The predicted molar refractivity (Wildman–Crippen MR) is 81.4 cm³/mol. The molecule has 0 aromatic heterocycles. The van der Waals surface area contributed by atoms with Crippen LogP contribution in [0.2, 0.25) is 10.0 Å². The molecule has 0 radical (unpaired) electrons. The van der Waals surface area contributed by atoms with Crippen molar-refractivity contribution in [1.29, 1.82) is 0 Å². The second kappa shape index (κ2) is 7.16. The first-order chi connectivity index (χ1) is 9.56. The van der Waals surface area contributed by atoms with Crippen LogP contribution in [0.1, 0.15) is 32.1 Å². The van der Waals surface area contributed by atoms with Gasteiger partial charge in [0.2, 0.25) is 0 Å². The van der Waals surface area contributed by atoms with E-state index in [-0.39, 0.29) is 12.1 Å². The van der Waals surface area contributed by atoms with E-state index in [1.165, 1.54) is 0 Å². The third-order valence-corrected chi connectivity index (χ3v) is 4.17. The number of hydrogen-bond acceptors (Lipinski definition) is 3. The molecule has 2 atom stereocenters. The zero-order valence-electron chi connectivity index (χ0n) is 11.1. The lowest BCUT2D eigenvalue weighted by Gasteiger charge is -2.21. The van der Waals surface area contributed by atoms with Gasteiger partial charge in [0, 0.05) is 11.7 Å². The Balaban J connectivity index is 1.92. The minimum Gasteiger partial charge on any atom is -0.444 e. The van der Waals surface area contributed by atoms with Crippen LogP contribution in [-0.2, 0) is 4.74 Å². The summed E-state index contributed by atoms with van der Waals surface area (Å²) in [6.45, 7) is 0. The van der Waals surface area contributed by atoms with Crippen molar-refractivity contribution in [3.05, 3.63) is 28.2 Å². The molecule has 1 aromatic carbocycles. The molecular weight excluding hydrogens is 299 g/mol. The Morgan fingerprint density at radius 1 is 1.20 bits per heavy atom. The number of hydrogen-bond donors (Lipinski definition) is 2. The average Bonchev–Trinajstić information content (AvgIpc) is 2.59. The van der Waals surface area contributed by atoms with Crippen molar-refractivity contribution >= 4 is 35.0 Å². The zero-order chi connectivity index (χ0) is 14.5. The minimum absolute atomic E-state index is 0.0861. The summed E-state index contributed by atoms with van der Waals surface area (Å²) in [5.74, 6) is 0. The van der Waals surface area contributed by atoms with Crippen molar-refractivity contribution in [3.63, 3.8) is 0 Å². The molecular formula is C14H18Cl2N2O2. The van der Waals surface area contributed by atoms with Crippen LogP contribution in [0.4, 0.5) is 10.5 Å². The summed E-state index contributed by atoms with van der Waals surface area (Å²) in [5.41, 5.74) is 6.57. The van der Waals surface area contributed by atoms with Gasteiger partial charge in [0.05, 0.1) is 10.0 Å². The highest BCUT2D eigenvalue weighted by Crippen LogP contribution is 2.25. The second-order valence-corrected chi connectivity index (χ2v) is 5.81. The first kappa shape index (κ1) is 15.4. The molecule has 2 unspecified atom stereocenters. The molecule has 110 valence electrons. The summed E-state index contributed by atoms with van der Waals surface area (Å²) in [6, 6.07) is 4.79. The topological polar surface area (TPSA) is 64.3 Å². The standard InChI is InChI=1S/C14H18Cl2N2O2/c15-10-7-6-9(8-11(10)16)18-14(19)20-13-5-3-1-2-4-12(13)17/h6-8,12-13H,1-5,17H2,(H,18,19). The van der Waals surface area contributed by atoms with Crippen molar-refractivity contribution in [2.75, 3.05) is 5.32 Å². The van der Waals surface area contributed by atoms with Crippen LogP contribution in [0.25, 0.3) is 0 Å². The van der Waals surface area contributed by atoms with Gasteiger partial charge in [-0.3, -0.25) is 5.32 Å². The number of benzene rings is 1. The molecule has 1 aliphatic rings. The summed E-state index contributed by atoms with van der Waals surface area (Å²) >= 11 is 11.7. The van der Waals surface area contributed by atoms with E-state index in [4.69, 9.17) is 33.7 Å². The lowest BCUT2D eigenvalue weighted by atomic mass is 10.1. The molecule has 1 aromatic rings. The monoisotopic (exact) mass is 316 g/mol. The largest absolute Gasteiger partial charge is 0.444 e. The van der Waals surface area contributed by atoms with Crippen LogP contribution in [0.15, 0.2) is 18.2 Å². The van der Waals surface area contributed by atoms with Crippen LogP contribution in [0, 0.1) is 0 Å². The predicted octanol–water partition coefficient (Wildman–Crippen LogP) is 4.20. The van der Waals surface area contributed by atoms with Gasteiger partial charge in [0.25, 0.3) is 0 Å². The fraction of sp³-hybridized carbons (Fsp3) is 0.500. The van der Waals surface area contributed by atoms with Crippen molar-refractivity contribution in [2.24, 2.45) is 5.73 Å². The van der Waals surface area contributed by atoms with E-state index in [2.05, 4.69) is 5.32 Å². The Morgan fingerprint density at radius 3 is 2.70 bits per heavy atom. The maximum absolute atomic E-state index is 11.9. The highest BCUT2D eigenvalue weighted by Gasteiger charge is 2.24. The van der Waals surface area contributed by atoms with Crippen molar-refractivity contribution in [1.82, 2.24) is 0 Å². The maximum Gasteiger partial charge on any atom is 0.411 e. The molecule has 1 aliphatic carbocycles. The van der Waals surface area contributed by atoms with Crippen molar-refractivity contribution < 1.29 is 9.53 Å². The van der Waals surface area contributed by atoms with Crippen LogP contribution >= 0.6 is 23.2 Å². The molecule has 6 heteroatoms. The Labute approximate surface area is 128 Å². The number of halogens is 2. The number of nitrogens with one attached hydrogen (secondary N) is 1. The number of carbonyl (C=O) groups excluding carboxylic acids is 1. The van der Waals surface area contributed by atoms with Crippen LogP contribution in [0.3, 0.4) is 0 Å². The quantitative estimate of drug-likeness (QED) is 0.803. The lowest BCUT2D eigenvalue weighted by molar-refractivity contribution is 0.0899. The average molecular weight is 317 g/mol. The van der Waals surface area contributed by atoms with Gasteiger partial charge >= 0.3 is 6.09 Å². The molecule has 0 heterocycles. The summed E-state index contributed by atoms with van der Waals surface area (Å²) in [7, 11) is 0. The Bertz CT molecular complexity index is 482. The Morgan fingerprint density at radius 2 is 1.95 bits per heavy atom. The van der Waals surface area contributed by atoms with Gasteiger partial charge in [0.1, 0.15) is 6.10 Å². The van der Waals surface area contributed by atoms with E-state index in [1.54, 1.807) is 18.2 Å². The highest BCUT2D eigenvalue weighted by atomic mass is 35.5. The highest BCUT2D eigenvalue weighted by molar-refractivity contribution is 6.42. The number of amides is 1. The summed E-state index contributed by atoms with van der Waals surface area (Å²) in [5, 5.41) is 3.46. The lowest BCUT2D eigenvalue weighted by Crippen LogP contribution is -2.38. The zero-order valence-corrected chi connectivity index (χ0v) is 12.6. The number of nitrogens with two attached hydrogens (primary N) is 1. The van der Waals surface area contributed by atoms with Gasteiger partial charge < -0.3 is 10.5 Å². The number of rotatable bonds is 2. The van der Waals surface area contributed by atoms with Gasteiger partial charge in [-0.15, -0.1) is 0 Å². The Hall–Kier alpha value is -0.970. The van der Waals surface area contributed by atoms with Crippen LogP contribution in [0.5, 0.6) is 0 Å². The fourth-order valence-electron chi connectivity index (χ4n) is 2.31. The molecule has 4 nitrogen and oxygen atoms in total. The van der Waals surface area contributed by atoms with Crippen LogP contribution in [-0.4, -0.2) is 18.2 Å². The molecule has 0 spiro atoms. The fourth-order valence-corrected chi connectivity index (χ4v) is 2.61. The minimum atomic E-state index is -0.509. The summed E-state index contributed by atoms with van der Waals surface area (Å²) in [6.07, 6.45) is 4.25. The molecule has 1 amide bonds. The molecule has 2 rings (SSSR count). The van der Waals surface area contributed by atoms with Gasteiger partial charge in [-0.25, -0.2) is 4.79 Å². The second-order valence-electron chi connectivity index (χ2n) is 5.00. The van der Waals surface area contributed by atoms with Crippen molar-refractivity contribution in [2.45, 2.75) is 44.2 Å². The number of ether oxygens (including phenoxy) is 1. The van der Waals surface area contributed by atoms with Gasteiger partial charge in [-0.1, -0.05) is 36.0 Å². The third-order valence-electron chi connectivity index (χ3n) is 3.43. The van der Waals surface area contributed by atoms with Crippen molar-refractivity contribution in [3.8, 4) is 0 Å². The number of carbonyl (C=O) groups is 1. The van der Waals surface area contributed by atoms with E-state index < -0.39 is 6.09 Å². The third kappa shape index (κ3) is 4.27. The van der Waals surface area contributed by atoms with E-state index in [9.17, 15) is 4.79 Å². The number of anilines is 1. The maximum atomic E-state index is 11.9. The molecule has 0 bridgehead atoms. The van der Waals surface area contributed by atoms with E-state index >= 15 is 0 Å². The Kier molecular flexibility index (Phi) is 5.52. The molecule has 20 heavy (non-hydrogen) atoms. The van der Waals surface area contributed by atoms with Gasteiger partial charge in [-0.2, -0.15) is 0 Å². The SMILES string of the molecule is NC1CCCCCC1OC(=O)Nc1ccc(Cl)c(Cl)c1. The molecule has 1 saturated carbocycles. The van der Waals surface area contributed by atoms with E-state index in [0.29, 0.717) is 15.7 Å². The van der Waals surface area contributed by atoms with Crippen LogP contribution < -0.4 is 11.1 Å². The smallest absolute Gasteiger partial charge is 0.411 e. The molecule has 0 saturated heterocycles. The van der Waals surface area contributed by atoms with E-state index in [0.717, 1.165) is 32.1 Å². The first-order valence-corrected chi connectivity index (χ1v) is 7.50. The normalized spacial score (nSPS) is 22.9. The molecule has 1 fully saturated rings. The molecule has 0 aliphatic heterocycles. The van der Waals surface area contributed by atoms with Gasteiger partial charge in [-0.05, 0) is 37.5 Å². The summed E-state index contributed by atoms with van der Waals surface area (Å²) in [4.78, 5) is 11.9. The van der Waals surface area contributed by atoms with E-state index in [1.807, 2.05) is 0 Å². The summed E-state index contributed by atoms with van der Waals surface area (Å²) < 4.78 is 5.41. The first-order valence-electron chi connectivity index (χ1n) is 6.74. The van der Waals surface area contributed by atoms with Gasteiger partial charge in [0.15, 0.2) is 0 Å². The molecule has 3 N–H and O–H groups in total.